The molecule has 0 saturated carbocycles. The molecule has 2 aliphatic heterocycles. The Kier molecular flexibility index (Phi) is 5.18. The van der Waals surface area contributed by atoms with Crippen LogP contribution in [0.25, 0.3) is 0 Å². The van der Waals surface area contributed by atoms with Gasteiger partial charge in [0.1, 0.15) is 16.5 Å². The molecule has 2 rings (SSSR count). The summed E-state index contributed by atoms with van der Waals surface area (Å²) in [5.74, 6) is 0.732. The number of nitrogens with zero attached hydrogens (tertiary/aromatic N) is 2. The van der Waals surface area contributed by atoms with E-state index in [2.05, 4.69) is 0 Å². The van der Waals surface area contributed by atoms with Gasteiger partial charge in [0.2, 0.25) is 5.91 Å². The number of hydrogen-bond donors (Lipinski definition) is 1. The largest absolute Gasteiger partial charge is 0.444 e. The number of rotatable bonds is 3. The minimum atomic E-state index is -0.689. The zero-order chi connectivity index (χ0) is 17.4. The summed E-state index contributed by atoms with van der Waals surface area (Å²) < 4.78 is 10.5. The van der Waals surface area contributed by atoms with E-state index in [0.717, 1.165) is 5.75 Å². The molecule has 2 N–H and O–H groups in total. The molecule has 7 nitrogen and oxygen atoms in total. The van der Waals surface area contributed by atoms with Crippen LogP contribution < -0.4 is 5.73 Å². The molecule has 132 valence electrons. The Hall–Kier alpha value is -0.990. The molecule has 2 atom stereocenters. The van der Waals surface area contributed by atoms with E-state index in [1.807, 2.05) is 20.8 Å². The number of thioether (sulfide) groups is 1. The minimum absolute atomic E-state index is 0.117. The summed E-state index contributed by atoms with van der Waals surface area (Å²) in [4.78, 5) is 27.8. The maximum atomic E-state index is 12.6. The van der Waals surface area contributed by atoms with E-state index in [-0.39, 0.29) is 23.0 Å². The predicted octanol–water partition coefficient (Wildman–Crippen LogP) is 0.871. The van der Waals surface area contributed by atoms with Gasteiger partial charge in [0.05, 0.1) is 19.2 Å². The van der Waals surface area contributed by atoms with Crippen molar-refractivity contribution in [2.45, 2.75) is 50.3 Å². The maximum absolute atomic E-state index is 12.6. The van der Waals surface area contributed by atoms with Crippen LogP contribution in [0.4, 0.5) is 4.79 Å². The molecule has 2 heterocycles. The van der Waals surface area contributed by atoms with Gasteiger partial charge in [-0.2, -0.15) is 0 Å². The van der Waals surface area contributed by atoms with Crippen LogP contribution in [-0.2, 0) is 14.3 Å². The summed E-state index contributed by atoms with van der Waals surface area (Å²) in [6.45, 7) is 8.91. The number of ether oxygens (including phenoxy) is 2. The number of hydrogen-bond acceptors (Lipinski definition) is 6. The lowest BCUT2D eigenvalue weighted by Crippen LogP contribution is -2.70. The van der Waals surface area contributed by atoms with Gasteiger partial charge in [-0.25, -0.2) is 4.79 Å². The van der Waals surface area contributed by atoms with Crippen LogP contribution in [0.3, 0.4) is 0 Å². The fraction of sp³-hybridized carbons (Fsp3) is 0.867. The molecular weight excluding hydrogens is 318 g/mol. The fourth-order valence-electron chi connectivity index (χ4n) is 2.71. The third kappa shape index (κ3) is 3.75. The summed E-state index contributed by atoms with van der Waals surface area (Å²) in [6, 6.07) is -0.689. The molecule has 0 unspecified atom stereocenters. The standard InChI is InChI=1S/C15H27N3O4S/c1-10(21-5)11(16)12(19)18-6-7-23-15(18)8-17(9-15)13(20)22-14(2,3)4/h10-11H,6-9,16H2,1-5H3/t10-,11+/m1/s1. The van der Waals surface area contributed by atoms with Crippen LogP contribution in [0.15, 0.2) is 0 Å². The SMILES string of the molecule is CO[C@H](C)[C@H](N)C(=O)N1CCSC12CN(C(=O)OC(C)(C)C)C2. The molecule has 0 aromatic carbocycles. The third-order valence-electron chi connectivity index (χ3n) is 4.13. The molecule has 2 fully saturated rings. The maximum Gasteiger partial charge on any atom is 0.410 e. The number of likely N-dealkylation sites (tertiary alicyclic amines) is 1. The topological polar surface area (TPSA) is 85.1 Å². The Morgan fingerprint density at radius 3 is 2.43 bits per heavy atom. The monoisotopic (exact) mass is 345 g/mol. The zero-order valence-corrected chi connectivity index (χ0v) is 15.3. The fourth-order valence-corrected chi connectivity index (χ4v) is 4.20. The average molecular weight is 345 g/mol. The first-order valence-electron chi connectivity index (χ1n) is 7.81. The van der Waals surface area contributed by atoms with Crippen molar-refractivity contribution in [1.29, 1.82) is 0 Å². The molecule has 2 amide bonds. The van der Waals surface area contributed by atoms with Crippen LogP contribution in [0.1, 0.15) is 27.7 Å². The van der Waals surface area contributed by atoms with E-state index < -0.39 is 11.6 Å². The van der Waals surface area contributed by atoms with Gasteiger partial charge in [0.15, 0.2) is 0 Å². The highest BCUT2D eigenvalue weighted by Gasteiger charge is 2.56. The number of nitrogens with two attached hydrogens (primary N) is 1. The van der Waals surface area contributed by atoms with E-state index in [9.17, 15) is 9.59 Å². The Morgan fingerprint density at radius 2 is 1.91 bits per heavy atom. The highest BCUT2D eigenvalue weighted by atomic mass is 32.2. The quantitative estimate of drug-likeness (QED) is 0.817. The van der Waals surface area contributed by atoms with Gasteiger partial charge in [-0.1, -0.05) is 0 Å². The first-order valence-corrected chi connectivity index (χ1v) is 8.80. The van der Waals surface area contributed by atoms with Crippen LogP contribution in [0.2, 0.25) is 0 Å². The molecule has 1 spiro atoms. The number of carbonyl (C=O) groups excluding carboxylic acids is 2. The minimum Gasteiger partial charge on any atom is -0.444 e. The van der Waals surface area contributed by atoms with Crippen molar-refractivity contribution in [3.63, 3.8) is 0 Å². The number of carbonyl (C=O) groups is 2. The van der Waals surface area contributed by atoms with Crippen LogP contribution in [0.5, 0.6) is 0 Å². The second-order valence-electron chi connectivity index (χ2n) is 7.09. The highest BCUT2D eigenvalue weighted by Crippen LogP contribution is 2.43. The normalized spacial score (nSPS) is 22.7. The lowest BCUT2D eigenvalue weighted by molar-refractivity contribution is -0.142. The van der Waals surface area contributed by atoms with Gasteiger partial charge >= 0.3 is 6.09 Å². The summed E-state index contributed by atoms with van der Waals surface area (Å²) in [5, 5.41) is 0. The van der Waals surface area contributed by atoms with E-state index in [4.69, 9.17) is 15.2 Å². The van der Waals surface area contributed by atoms with Crippen molar-refractivity contribution in [2.75, 3.05) is 32.5 Å². The Labute approximate surface area is 141 Å². The molecule has 2 saturated heterocycles. The number of methoxy groups -OCH3 is 1. The Balaban J connectivity index is 1.98. The summed E-state index contributed by atoms with van der Waals surface area (Å²) in [6.07, 6.45) is -0.676. The Morgan fingerprint density at radius 1 is 1.30 bits per heavy atom. The second-order valence-corrected chi connectivity index (χ2v) is 8.54. The van der Waals surface area contributed by atoms with Gasteiger partial charge in [-0.15, -0.1) is 11.8 Å². The molecule has 8 heteroatoms. The van der Waals surface area contributed by atoms with Crippen molar-refractivity contribution in [2.24, 2.45) is 5.73 Å². The van der Waals surface area contributed by atoms with Crippen molar-refractivity contribution in [3.05, 3.63) is 0 Å². The van der Waals surface area contributed by atoms with Gasteiger partial charge in [0.25, 0.3) is 0 Å². The third-order valence-corrected chi connectivity index (χ3v) is 5.54. The molecular formula is C15H27N3O4S. The molecule has 23 heavy (non-hydrogen) atoms. The predicted molar refractivity (Wildman–Crippen MR) is 89.2 cm³/mol. The van der Waals surface area contributed by atoms with Crippen molar-refractivity contribution in [3.8, 4) is 0 Å². The van der Waals surface area contributed by atoms with Gasteiger partial charge in [-0.3, -0.25) is 4.79 Å². The average Bonchev–Trinajstić information content (AvgIpc) is 2.85. The molecule has 0 aromatic heterocycles. The van der Waals surface area contributed by atoms with Crippen molar-refractivity contribution < 1.29 is 19.1 Å². The van der Waals surface area contributed by atoms with E-state index in [0.29, 0.717) is 19.6 Å². The summed E-state index contributed by atoms with van der Waals surface area (Å²) in [7, 11) is 1.54. The zero-order valence-electron chi connectivity index (χ0n) is 14.5. The first kappa shape index (κ1) is 18.4. The summed E-state index contributed by atoms with van der Waals surface area (Å²) >= 11 is 1.70. The molecule has 2 aliphatic rings. The van der Waals surface area contributed by atoms with E-state index in [1.165, 1.54) is 0 Å². The second kappa shape index (κ2) is 6.49. The van der Waals surface area contributed by atoms with Gasteiger partial charge in [-0.05, 0) is 27.7 Å². The van der Waals surface area contributed by atoms with Crippen LogP contribution >= 0.6 is 11.8 Å². The van der Waals surface area contributed by atoms with Gasteiger partial charge in [0, 0.05) is 19.4 Å². The highest BCUT2D eigenvalue weighted by molar-refractivity contribution is 8.01. The lowest BCUT2D eigenvalue weighted by atomic mass is 10.0. The van der Waals surface area contributed by atoms with Crippen LogP contribution in [0, 0.1) is 0 Å². The van der Waals surface area contributed by atoms with E-state index >= 15 is 0 Å². The first-order chi connectivity index (χ1) is 10.6. The molecule has 0 bridgehead atoms. The Bertz CT molecular complexity index is 474. The van der Waals surface area contributed by atoms with Crippen molar-refractivity contribution in [1.82, 2.24) is 9.80 Å². The molecule has 0 aliphatic carbocycles. The molecule has 0 radical (unpaired) electrons. The van der Waals surface area contributed by atoms with Crippen LogP contribution in [-0.4, -0.2) is 76.9 Å². The lowest BCUT2D eigenvalue weighted by Gasteiger charge is -2.51. The number of amides is 2. The van der Waals surface area contributed by atoms with E-state index in [1.54, 1.807) is 35.6 Å². The van der Waals surface area contributed by atoms with Crippen molar-refractivity contribution >= 4 is 23.8 Å². The van der Waals surface area contributed by atoms with Gasteiger partial charge < -0.3 is 25.0 Å². The summed E-state index contributed by atoms with van der Waals surface area (Å²) in [5.41, 5.74) is 5.48. The molecule has 0 aromatic rings. The smallest absolute Gasteiger partial charge is 0.410 e.